The monoisotopic (exact) mass is 364 g/mol. The van der Waals surface area contributed by atoms with Crippen LogP contribution in [-0.2, 0) is 5.41 Å². The van der Waals surface area contributed by atoms with E-state index in [1.165, 1.54) is 22.3 Å². The van der Waals surface area contributed by atoms with Crippen molar-refractivity contribution in [1.82, 2.24) is 0 Å². The second-order valence-corrected chi connectivity index (χ2v) is 8.34. The summed E-state index contributed by atoms with van der Waals surface area (Å²) in [6.07, 6.45) is 18.2. The maximum absolute atomic E-state index is 9.87. The molecule has 1 spiro atoms. The summed E-state index contributed by atoms with van der Waals surface area (Å²) < 4.78 is 0. The van der Waals surface area contributed by atoms with Gasteiger partial charge in [-0.3, -0.25) is 0 Å². The molecular formula is C25H21BO2. The molecule has 136 valence electrons. The molecule has 28 heavy (non-hydrogen) atoms. The van der Waals surface area contributed by atoms with Gasteiger partial charge in [0.15, 0.2) is 0 Å². The highest BCUT2D eigenvalue weighted by Gasteiger charge is 2.62. The Morgan fingerprint density at radius 2 is 1.29 bits per heavy atom. The molecule has 0 bridgehead atoms. The van der Waals surface area contributed by atoms with Crippen LogP contribution in [0, 0.1) is 23.7 Å². The molecule has 0 aliphatic heterocycles. The molecule has 4 unspecified atom stereocenters. The molecule has 0 saturated heterocycles. The molecule has 0 amide bonds. The first-order valence-corrected chi connectivity index (χ1v) is 10.0. The van der Waals surface area contributed by atoms with Crippen LogP contribution >= 0.6 is 0 Å². The standard InChI is InChI=1S/C25H21BO2/c27-26(28)16-13-14-20-19-9-3-6-12-23(19)25(24(20)15-16)21-10-4-1-7-17(21)18-8-2-5-11-22(18)25/h1-15,17-18,21-22,27-28H. The zero-order valence-corrected chi connectivity index (χ0v) is 15.4. The third kappa shape index (κ3) is 1.86. The summed E-state index contributed by atoms with van der Waals surface area (Å²) in [7, 11) is -1.46. The minimum atomic E-state index is -1.46. The van der Waals surface area contributed by atoms with E-state index in [4.69, 9.17) is 0 Å². The lowest BCUT2D eigenvalue weighted by Crippen LogP contribution is -2.39. The van der Waals surface area contributed by atoms with Crippen LogP contribution in [0.2, 0.25) is 0 Å². The van der Waals surface area contributed by atoms with Gasteiger partial charge in [-0.05, 0) is 51.4 Å². The quantitative estimate of drug-likeness (QED) is 0.762. The fraction of sp³-hybridized carbons (Fsp3) is 0.200. The summed E-state index contributed by atoms with van der Waals surface area (Å²) in [5, 5.41) is 19.7. The van der Waals surface area contributed by atoms with Gasteiger partial charge in [-0.1, -0.05) is 91.1 Å². The summed E-state index contributed by atoms with van der Waals surface area (Å²) in [5.41, 5.74) is 5.50. The molecule has 3 heteroatoms. The van der Waals surface area contributed by atoms with E-state index in [0.717, 1.165) is 0 Å². The van der Waals surface area contributed by atoms with Crippen LogP contribution in [0.5, 0.6) is 0 Å². The Morgan fingerprint density at radius 1 is 0.679 bits per heavy atom. The Kier molecular flexibility index (Phi) is 3.33. The summed E-state index contributed by atoms with van der Waals surface area (Å²) in [6, 6.07) is 14.7. The molecule has 1 saturated carbocycles. The van der Waals surface area contributed by atoms with Crippen molar-refractivity contribution in [2.24, 2.45) is 23.7 Å². The van der Waals surface area contributed by atoms with Crippen LogP contribution in [0.25, 0.3) is 11.1 Å². The normalized spacial score (nSPS) is 32.9. The van der Waals surface area contributed by atoms with Gasteiger partial charge in [0.2, 0.25) is 0 Å². The third-order valence-electron chi connectivity index (χ3n) is 7.30. The van der Waals surface area contributed by atoms with Gasteiger partial charge in [-0.15, -0.1) is 0 Å². The third-order valence-corrected chi connectivity index (χ3v) is 7.30. The molecule has 4 atom stereocenters. The molecule has 6 rings (SSSR count). The van der Waals surface area contributed by atoms with E-state index in [9.17, 15) is 10.0 Å². The molecule has 1 fully saturated rings. The molecule has 2 nitrogen and oxygen atoms in total. The Morgan fingerprint density at radius 3 is 1.96 bits per heavy atom. The van der Waals surface area contributed by atoms with Gasteiger partial charge >= 0.3 is 7.12 Å². The first-order valence-electron chi connectivity index (χ1n) is 10.0. The first-order chi connectivity index (χ1) is 13.7. The second-order valence-electron chi connectivity index (χ2n) is 8.34. The molecule has 4 aliphatic rings. The zero-order chi connectivity index (χ0) is 18.9. The molecule has 0 radical (unpaired) electrons. The van der Waals surface area contributed by atoms with Gasteiger partial charge in [0.05, 0.1) is 0 Å². The smallest absolute Gasteiger partial charge is 0.423 e. The van der Waals surface area contributed by atoms with Gasteiger partial charge in [-0.2, -0.15) is 0 Å². The van der Waals surface area contributed by atoms with Crippen molar-refractivity contribution in [2.45, 2.75) is 5.41 Å². The number of benzene rings is 2. The van der Waals surface area contributed by atoms with Crippen molar-refractivity contribution >= 4 is 12.6 Å². The summed E-state index contributed by atoms with van der Waals surface area (Å²) >= 11 is 0. The van der Waals surface area contributed by atoms with Crippen LogP contribution in [0.15, 0.2) is 91.1 Å². The molecule has 2 aromatic carbocycles. The van der Waals surface area contributed by atoms with Gasteiger partial charge in [0.25, 0.3) is 0 Å². The minimum absolute atomic E-state index is 0.186. The first kappa shape index (κ1) is 16.3. The van der Waals surface area contributed by atoms with E-state index >= 15 is 0 Å². The van der Waals surface area contributed by atoms with Crippen molar-refractivity contribution < 1.29 is 10.0 Å². The lowest BCUT2D eigenvalue weighted by Gasteiger charge is -2.39. The lowest BCUT2D eigenvalue weighted by atomic mass is 9.62. The van der Waals surface area contributed by atoms with Crippen molar-refractivity contribution in [3.63, 3.8) is 0 Å². The van der Waals surface area contributed by atoms with E-state index in [2.05, 4.69) is 78.9 Å². The van der Waals surface area contributed by atoms with Crippen LogP contribution < -0.4 is 5.46 Å². The highest BCUT2D eigenvalue weighted by molar-refractivity contribution is 6.58. The summed E-state index contributed by atoms with van der Waals surface area (Å²) in [5.74, 6) is 1.57. The van der Waals surface area contributed by atoms with Gasteiger partial charge < -0.3 is 10.0 Å². The maximum Gasteiger partial charge on any atom is 0.488 e. The summed E-state index contributed by atoms with van der Waals surface area (Å²) in [6.45, 7) is 0. The van der Waals surface area contributed by atoms with Gasteiger partial charge in [0, 0.05) is 5.41 Å². The number of fused-ring (bicyclic) bond motifs is 10. The zero-order valence-electron chi connectivity index (χ0n) is 15.4. The topological polar surface area (TPSA) is 40.5 Å². The Hall–Kier alpha value is -2.62. The number of allylic oxidation sites excluding steroid dienone is 8. The predicted octanol–water partition coefficient (Wildman–Crippen LogP) is 3.36. The fourth-order valence-electron chi connectivity index (χ4n) is 6.36. The number of rotatable bonds is 1. The van der Waals surface area contributed by atoms with E-state index in [0.29, 0.717) is 29.1 Å². The highest BCUT2D eigenvalue weighted by Crippen LogP contribution is 2.67. The van der Waals surface area contributed by atoms with E-state index in [1.807, 2.05) is 12.1 Å². The number of hydrogen-bond acceptors (Lipinski definition) is 2. The Bertz CT molecular complexity index is 1060. The van der Waals surface area contributed by atoms with Crippen molar-refractivity contribution in [3.05, 3.63) is 102 Å². The van der Waals surface area contributed by atoms with Crippen LogP contribution in [0.3, 0.4) is 0 Å². The largest absolute Gasteiger partial charge is 0.488 e. The van der Waals surface area contributed by atoms with Crippen molar-refractivity contribution in [1.29, 1.82) is 0 Å². The van der Waals surface area contributed by atoms with Gasteiger partial charge in [0.1, 0.15) is 0 Å². The minimum Gasteiger partial charge on any atom is -0.423 e. The van der Waals surface area contributed by atoms with Crippen LogP contribution in [0.1, 0.15) is 11.1 Å². The van der Waals surface area contributed by atoms with E-state index in [1.54, 1.807) is 0 Å². The Balaban J connectivity index is 1.71. The van der Waals surface area contributed by atoms with Crippen LogP contribution in [-0.4, -0.2) is 17.2 Å². The second kappa shape index (κ2) is 5.70. The fourth-order valence-corrected chi connectivity index (χ4v) is 6.36. The predicted molar refractivity (Wildman–Crippen MR) is 113 cm³/mol. The van der Waals surface area contributed by atoms with Crippen molar-refractivity contribution in [3.8, 4) is 11.1 Å². The molecule has 2 aromatic rings. The maximum atomic E-state index is 9.87. The average Bonchev–Trinajstić information content (AvgIpc) is 3.21. The van der Waals surface area contributed by atoms with Crippen molar-refractivity contribution in [2.75, 3.05) is 0 Å². The molecule has 0 heterocycles. The summed E-state index contributed by atoms with van der Waals surface area (Å²) in [4.78, 5) is 0. The van der Waals surface area contributed by atoms with Gasteiger partial charge in [-0.25, -0.2) is 0 Å². The Labute approximate surface area is 165 Å². The average molecular weight is 364 g/mol. The SMILES string of the molecule is OB(O)c1ccc2c(c1)C1(c3ccccc3-2)C2C=CC=CC2C2C=CC=CC21. The lowest BCUT2D eigenvalue weighted by molar-refractivity contribution is 0.371. The molecule has 4 aliphatic carbocycles. The molecule has 0 aromatic heterocycles. The number of hydrogen-bond donors (Lipinski definition) is 2. The highest BCUT2D eigenvalue weighted by atomic mass is 16.4. The molecular weight excluding hydrogens is 343 g/mol. The van der Waals surface area contributed by atoms with Crippen LogP contribution in [0.4, 0.5) is 0 Å². The van der Waals surface area contributed by atoms with E-state index in [-0.39, 0.29) is 5.41 Å². The molecule has 2 N–H and O–H groups in total. The van der Waals surface area contributed by atoms with E-state index < -0.39 is 7.12 Å².